The minimum absolute atomic E-state index is 0.00497. The fraction of sp³-hybridized carbons (Fsp3) is 0.828. The third-order valence-electron chi connectivity index (χ3n) is 10.0. The van der Waals surface area contributed by atoms with Crippen molar-refractivity contribution in [2.45, 2.75) is 148 Å². The van der Waals surface area contributed by atoms with Crippen molar-refractivity contribution in [1.82, 2.24) is 19.5 Å². The Bertz CT molecular complexity index is 1230. The molecule has 2 aromatic rings. The summed E-state index contributed by atoms with van der Waals surface area (Å²) < 4.78 is 30.2. The van der Waals surface area contributed by atoms with Crippen molar-refractivity contribution in [3.8, 4) is 0 Å². The van der Waals surface area contributed by atoms with Crippen LogP contribution in [0.25, 0.3) is 11.2 Å². The summed E-state index contributed by atoms with van der Waals surface area (Å²) in [5.41, 5.74) is 7.46. The highest BCUT2D eigenvalue weighted by Gasteiger charge is 2.55. The molecule has 2 N–H and O–H groups in total. The Kier molecular flexibility index (Phi) is 9.28. The van der Waals surface area contributed by atoms with Crippen LogP contribution in [-0.2, 0) is 18.0 Å². The Morgan fingerprint density at radius 3 is 1.78 bits per heavy atom. The molecule has 0 amide bonds. The molecule has 2 unspecified atom stereocenters. The van der Waals surface area contributed by atoms with E-state index in [1.165, 1.54) is 0 Å². The molecule has 0 aliphatic carbocycles. The summed E-state index contributed by atoms with van der Waals surface area (Å²) in [6, 6.07) is 0. The van der Waals surface area contributed by atoms with E-state index in [4.69, 9.17) is 28.7 Å². The minimum Gasteiger partial charge on any atom is -0.414 e. The van der Waals surface area contributed by atoms with E-state index in [1.54, 1.807) is 6.33 Å². The van der Waals surface area contributed by atoms with Crippen molar-refractivity contribution in [3.05, 3.63) is 12.2 Å². The highest BCUT2D eigenvalue weighted by Crippen LogP contribution is 2.47. The Labute approximate surface area is 251 Å². The van der Waals surface area contributed by atoms with Crippen molar-refractivity contribution < 1.29 is 18.0 Å². The molecule has 0 radical (unpaired) electrons. The van der Waals surface area contributed by atoms with Crippen molar-refractivity contribution >= 4 is 41.9 Å². The van der Waals surface area contributed by atoms with Crippen LogP contribution >= 0.6 is 0 Å². The van der Waals surface area contributed by atoms with Gasteiger partial charge >= 0.3 is 0 Å². The first kappa shape index (κ1) is 34.3. The van der Waals surface area contributed by atoms with Gasteiger partial charge in [-0.15, -0.1) is 0 Å². The summed E-state index contributed by atoms with van der Waals surface area (Å²) in [6.45, 7) is 36.3. The lowest BCUT2D eigenvalue weighted by Crippen LogP contribution is -2.54. The van der Waals surface area contributed by atoms with Gasteiger partial charge in [-0.25, -0.2) is 15.0 Å². The first-order valence-corrected chi connectivity index (χ1v) is 23.6. The largest absolute Gasteiger partial charge is 0.414 e. The summed E-state index contributed by atoms with van der Waals surface area (Å²) in [6.07, 6.45) is 0.216. The number of imidazole rings is 1. The molecule has 2 aromatic heterocycles. The summed E-state index contributed by atoms with van der Waals surface area (Å²) in [5, 5.41) is 0.0806. The predicted octanol–water partition coefficient (Wildman–Crippen LogP) is 7.42. The lowest BCUT2D eigenvalue weighted by Gasteiger charge is -2.44. The van der Waals surface area contributed by atoms with E-state index in [9.17, 15) is 0 Å². The van der Waals surface area contributed by atoms with Crippen LogP contribution in [-0.4, -0.2) is 69.4 Å². The molecule has 1 fully saturated rings. The molecule has 0 aromatic carbocycles. The summed E-state index contributed by atoms with van der Waals surface area (Å²) in [5.74, 6) is 0.946. The van der Waals surface area contributed by atoms with Gasteiger partial charge < -0.3 is 23.7 Å². The Hall–Kier alpha value is -1.16. The zero-order chi connectivity index (χ0) is 31.6. The highest BCUT2D eigenvalue weighted by molar-refractivity contribution is 6.75. The van der Waals surface area contributed by atoms with Crippen LogP contribution in [0, 0.1) is 6.92 Å². The minimum atomic E-state index is -2.26. The molecule has 234 valence electrons. The van der Waals surface area contributed by atoms with Crippen LogP contribution < -0.4 is 5.73 Å². The van der Waals surface area contributed by atoms with Crippen molar-refractivity contribution in [3.63, 3.8) is 0 Å². The van der Waals surface area contributed by atoms with Crippen LogP contribution in [0.1, 0.15) is 74.4 Å². The van der Waals surface area contributed by atoms with Crippen molar-refractivity contribution in [2.24, 2.45) is 0 Å². The molecule has 0 spiro atoms. The number of aromatic nitrogens is 4. The van der Waals surface area contributed by atoms with Crippen LogP contribution in [0.5, 0.6) is 0 Å². The number of aryl methyl sites for hydroxylation is 1. The second-order valence-corrected chi connectivity index (χ2v) is 30.6. The van der Waals surface area contributed by atoms with Crippen LogP contribution in [0.2, 0.25) is 54.4 Å². The van der Waals surface area contributed by atoms with E-state index in [1.807, 2.05) is 11.5 Å². The van der Waals surface area contributed by atoms with E-state index in [-0.39, 0.29) is 33.4 Å². The van der Waals surface area contributed by atoms with Gasteiger partial charge in [0, 0.05) is 0 Å². The van der Waals surface area contributed by atoms with Gasteiger partial charge in [-0.2, -0.15) is 0 Å². The number of anilines is 1. The van der Waals surface area contributed by atoms with Crippen LogP contribution in [0.15, 0.2) is 6.33 Å². The number of fused-ring (bicyclic) bond motifs is 1. The molecule has 3 heterocycles. The van der Waals surface area contributed by atoms with Gasteiger partial charge in [0.1, 0.15) is 29.7 Å². The third kappa shape index (κ3) is 6.99. The number of rotatable bonds is 8. The average Bonchev–Trinajstić information content (AvgIpc) is 3.31. The maximum Gasteiger partial charge on any atom is 0.192 e. The van der Waals surface area contributed by atoms with Gasteiger partial charge in [0.05, 0.1) is 12.9 Å². The summed E-state index contributed by atoms with van der Waals surface area (Å²) >= 11 is 0. The number of nitrogen functional groups attached to an aromatic ring is 1. The van der Waals surface area contributed by atoms with Crippen LogP contribution in [0.3, 0.4) is 0 Å². The molecule has 0 bridgehead atoms. The monoisotopic (exact) mass is 623 g/mol. The van der Waals surface area contributed by atoms with Gasteiger partial charge in [0.25, 0.3) is 0 Å². The van der Waals surface area contributed by atoms with Crippen molar-refractivity contribution in [1.29, 1.82) is 0 Å². The molecule has 0 saturated carbocycles. The number of ether oxygens (including phenoxy) is 1. The van der Waals surface area contributed by atoms with E-state index in [0.29, 0.717) is 29.4 Å². The zero-order valence-corrected chi connectivity index (χ0v) is 31.6. The van der Waals surface area contributed by atoms with Gasteiger partial charge in [-0.1, -0.05) is 62.3 Å². The molecular formula is C29H57N5O4Si3. The normalized spacial score (nSPS) is 23.5. The molecule has 41 heavy (non-hydrogen) atoms. The number of hydrogen-bond acceptors (Lipinski definition) is 8. The predicted molar refractivity (Wildman–Crippen MR) is 176 cm³/mol. The molecule has 3 rings (SSSR count). The fourth-order valence-corrected chi connectivity index (χ4v) is 7.73. The van der Waals surface area contributed by atoms with Gasteiger partial charge in [-0.05, 0) is 61.3 Å². The SMILES string of the molecule is Cc1nc(N)c2ncn(C3OC(CO[Si](C)(C)C(C)(C)C)[C@@H](O[Si](C)(C)C(C)(C)C)[C@H]3O[Si](C)(C)C(C)(C)C)c2n1. The molecule has 12 heteroatoms. The fourth-order valence-electron chi connectivity index (χ4n) is 4.11. The second-order valence-electron chi connectivity index (χ2n) is 16.3. The molecule has 1 aliphatic rings. The molecule has 1 saturated heterocycles. The first-order valence-electron chi connectivity index (χ1n) is 14.9. The molecule has 4 atom stereocenters. The summed E-state index contributed by atoms with van der Waals surface area (Å²) in [7, 11) is -6.55. The number of hydrogen-bond donors (Lipinski definition) is 1. The van der Waals surface area contributed by atoms with Crippen LogP contribution in [0.4, 0.5) is 5.82 Å². The topological polar surface area (TPSA) is 107 Å². The third-order valence-corrected chi connectivity index (χ3v) is 23.5. The van der Waals surface area contributed by atoms with Crippen molar-refractivity contribution in [2.75, 3.05) is 12.3 Å². The smallest absolute Gasteiger partial charge is 0.192 e. The van der Waals surface area contributed by atoms with E-state index in [2.05, 4.69) is 112 Å². The van der Waals surface area contributed by atoms with E-state index >= 15 is 0 Å². The quantitative estimate of drug-likeness (QED) is 0.303. The van der Waals surface area contributed by atoms with Gasteiger partial charge in [-0.3, -0.25) is 4.57 Å². The first-order chi connectivity index (χ1) is 18.3. The zero-order valence-electron chi connectivity index (χ0n) is 28.6. The average molecular weight is 624 g/mol. The lowest BCUT2D eigenvalue weighted by atomic mass is 10.1. The molecule has 1 aliphatic heterocycles. The standard InChI is InChI=1S/C29H57N5O4Si3/c1-19-32-24(30)21-25(33-19)34(18-31-21)26-23(38-41(15,16)29(8,9)10)22(37-40(13,14)28(5,6)7)20(36-26)17-35-39(11,12)27(2,3)4/h18,20,22-23,26H,17H2,1-16H3,(H2,30,32,33)/t20?,22-,23-,26?/m1/s1. The Balaban J connectivity index is 2.18. The Morgan fingerprint density at radius 2 is 1.29 bits per heavy atom. The Morgan fingerprint density at radius 1 is 0.805 bits per heavy atom. The van der Waals surface area contributed by atoms with E-state index in [0.717, 1.165) is 0 Å². The maximum absolute atomic E-state index is 7.25. The summed E-state index contributed by atoms with van der Waals surface area (Å²) in [4.78, 5) is 13.7. The van der Waals surface area contributed by atoms with Gasteiger partial charge in [0.15, 0.2) is 42.6 Å². The highest BCUT2D eigenvalue weighted by atomic mass is 28.4. The number of nitrogens with two attached hydrogens (primary N) is 1. The molecule has 9 nitrogen and oxygen atoms in total. The second kappa shape index (κ2) is 11.1. The van der Waals surface area contributed by atoms with E-state index < -0.39 is 31.2 Å². The molecular weight excluding hydrogens is 567 g/mol. The van der Waals surface area contributed by atoms with Gasteiger partial charge in [0.2, 0.25) is 0 Å². The number of nitrogens with zero attached hydrogens (tertiary/aromatic N) is 4. The maximum atomic E-state index is 7.25. The lowest BCUT2D eigenvalue weighted by molar-refractivity contribution is -0.0470.